The Kier molecular flexibility index (Phi) is 4.84. The molecular formula is C14H26N2O. The molecule has 2 N–H and O–H groups in total. The van der Waals surface area contributed by atoms with Crippen LogP contribution in [0.2, 0.25) is 0 Å². The van der Waals surface area contributed by atoms with Crippen molar-refractivity contribution in [2.75, 3.05) is 13.1 Å². The highest BCUT2D eigenvalue weighted by atomic mass is 16.2. The summed E-state index contributed by atoms with van der Waals surface area (Å²) in [6, 6.07) is 0.319. The zero-order chi connectivity index (χ0) is 12.1. The normalized spacial score (nSPS) is 26.4. The molecule has 2 aliphatic rings. The van der Waals surface area contributed by atoms with Gasteiger partial charge in [-0.1, -0.05) is 25.7 Å². The van der Waals surface area contributed by atoms with Crippen molar-refractivity contribution in [1.29, 1.82) is 0 Å². The van der Waals surface area contributed by atoms with Gasteiger partial charge in [0.1, 0.15) is 0 Å². The number of nitrogens with two attached hydrogens (primary N) is 1. The molecule has 1 saturated heterocycles. The van der Waals surface area contributed by atoms with E-state index in [1.807, 2.05) is 0 Å². The topological polar surface area (TPSA) is 46.3 Å². The largest absolute Gasteiger partial charge is 0.338 e. The van der Waals surface area contributed by atoms with Crippen LogP contribution in [0.3, 0.4) is 0 Å². The second-order valence-electron chi connectivity index (χ2n) is 5.66. The summed E-state index contributed by atoms with van der Waals surface area (Å²) in [6.45, 7) is 1.57. The van der Waals surface area contributed by atoms with Gasteiger partial charge in [0.15, 0.2) is 0 Å². The molecule has 0 aromatic heterocycles. The number of carbonyl (C=O) groups is 1. The van der Waals surface area contributed by atoms with Gasteiger partial charge in [0, 0.05) is 25.6 Å². The summed E-state index contributed by atoms with van der Waals surface area (Å²) in [6.07, 6.45) is 10.8. The monoisotopic (exact) mass is 238 g/mol. The van der Waals surface area contributed by atoms with Gasteiger partial charge in [-0.2, -0.15) is 0 Å². The number of carbonyl (C=O) groups excluding carboxylic acids is 1. The van der Waals surface area contributed by atoms with E-state index in [1.54, 1.807) is 0 Å². The van der Waals surface area contributed by atoms with E-state index in [2.05, 4.69) is 4.90 Å². The summed E-state index contributed by atoms with van der Waals surface area (Å²) in [4.78, 5) is 14.2. The van der Waals surface area contributed by atoms with Crippen molar-refractivity contribution in [1.82, 2.24) is 4.90 Å². The Morgan fingerprint density at radius 2 is 1.82 bits per heavy atom. The molecule has 0 spiro atoms. The Balaban J connectivity index is 1.76. The van der Waals surface area contributed by atoms with Gasteiger partial charge in [0.2, 0.25) is 5.91 Å². The van der Waals surface area contributed by atoms with Crippen molar-refractivity contribution < 1.29 is 4.79 Å². The Labute approximate surface area is 105 Å². The maximum absolute atomic E-state index is 12.2. The van der Waals surface area contributed by atoms with Crippen molar-refractivity contribution >= 4 is 5.91 Å². The Morgan fingerprint density at radius 1 is 1.12 bits per heavy atom. The molecule has 98 valence electrons. The molecule has 0 aromatic rings. The number of likely N-dealkylation sites (tertiary alicyclic amines) is 1. The molecule has 0 radical (unpaired) electrons. The minimum absolute atomic E-state index is 0.319. The van der Waals surface area contributed by atoms with Gasteiger partial charge in [-0.25, -0.2) is 0 Å². The molecule has 1 atom stereocenters. The third kappa shape index (κ3) is 3.44. The van der Waals surface area contributed by atoms with Gasteiger partial charge < -0.3 is 10.6 Å². The van der Waals surface area contributed by atoms with E-state index in [-0.39, 0.29) is 0 Å². The van der Waals surface area contributed by atoms with Gasteiger partial charge >= 0.3 is 0 Å². The lowest BCUT2D eigenvalue weighted by Gasteiger charge is -2.35. The second-order valence-corrected chi connectivity index (χ2v) is 5.66. The maximum atomic E-state index is 12.2. The summed E-state index contributed by atoms with van der Waals surface area (Å²) >= 11 is 0. The molecule has 3 heteroatoms. The number of amides is 1. The number of piperidine rings is 1. The number of nitrogens with zero attached hydrogens (tertiary/aromatic N) is 1. The Hall–Kier alpha value is -0.570. The smallest absolute Gasteiger partial charge is 0.222 e. The van der Waals surface area contributed by atoms with Gasteiger partial charge in [0.25, 0.3) is 0 Å². The molecule has 1 saturated carbocycles. The van der Waals surface area contributed by atoms with Gasteiger partial charge in [-0.05, 0) is 31.6 Å². The second kappa shape index (κ2) is 6.39. The fourth-order valence-electron chi connectivity index (χ4n) is 3.34. The molecule has 1 heterocycles. The van der Waals surface area contributed by atoms with E-state index in [1.165, 1.54) is 32.1 Å². The molecule has 3 nitrogen and oxygen atoms in total. The average molecular weight is 238 g/mol. The standard InChI is InChI=1S/C14H26N2O/c15-11-13-7-3-4-10-16(13)14(17)9-8-12-5-1-2-6-12/h12-13H,1-11,15H2. The summed E-state index contributed by atoms with van der Waals surface area (Å²) < 4.78 is 0. The lowest BCUT2D eigenvalue weighted by atomic mass is 9.98. The third-order valence-electron chi connectivity index (χ3n) is 4.46. The van der Waals surface area contributed by atoms with Crippen molar-refractivity contribution in [3.63, 3.8) is 0 Å². The van der Waals surface area contributed by atoms with Crippen molar-refractivity contribution in [2.45, 2.75) is 63.8 Å². The number of hydrogen-bond donors (Lipinski definition) is 1. The molecule has 0 bridgehead atoms. The van der Waals surface area contributed by atoms with E-state index < -0.39 is 0 Å². The summed E-state index contributed by atoms with van der Waals surface area (Å²) in [5, 5.41) is 0. The molecule has 17 heavy (non-hydrogen) atoms. The van der Waals surface area contributed by atoms with Gasteiger partial charge in [-0.3, -0.25) is 4.79 Å². The SMILES string of the molecule is NCC1CCCCN1C(=O)CCC1CCCC1. The van der Waals surface area contributed by atoms with Crippen LogP contribution >= 0.6 is 0 Å². The first-order chi connectivity index (χ1) is 8.31. The van der Waals surface area contributed by atoms with E-state index in [4.69, 9.17) is 5.73 Å². The first-order valence-corrected chi connectivity index (χ1v) is 7.31. The fourth-order valence-corrected chi connectivity index (χ4v) is 3.34. The highest BCUT2D eigenvalue weighted by Crippen LogP contribution is 2.29. The molecule has 0 aromatic carbocycles. The van der Waals surface area contributed by atoms with Crippen LogP contribution < -0.4 is 5.73 Å². The first kappa shape index (κ1) is 12.9. The Bertz CT molecular complexity index is 249. The zero-order valence-electron chi connectivity index (χ0n) is 10.9. The number of hydrogen-bond acceptors (Lipinski definition) is 2. The van der Waals surface area contributed by atoms with Crippen LogP contribution in [-0.4, -0.2) is 29.9 Å². The quantitative estimate of drug-likeness (QED) is 0.817. The minimum Gasteiger partial charge on any atom is -0.338 e. The number of rotatable bonds is 4. The van der Waals surface area contributed by atoms with Crippen LogP contribution in [0.4, 0.5) is 0 Å². The summed E-state index contributed by atoms with van der Waals surface area (Å²) in [5.41, 5.74) is 5.76. The highest BCUT2D eigenvalue weighted by molar-refractivity contribution is 5.76. The van der Waals surface area contributed by atoms with Gasteiger partial charge in [-0.15, -0.1) is 0 Å². The molecule has 2 fully saturated rings. The highest BCUT2D eigenvalue weighted by Gasteiger charge is 2.26. The molecular weight excluding hydrogens is 212 g/mol. The third-order valence-corrected chi connectivity index (χ3v) is 4.46. The lowest BCUT2D eigenvalue weighted by molar-refractivity contribution is -0.134. The predicted octanol–water partition coefficient (Wildman–Crippen LogP) is 2.30. The van der Waals surface area contributed by atoms with E-state index in [0.29, 0.717) is 18.5 Å². The van der Waals surface area contributed by atoms with Crippen molar-refractivity contribution in [3.05, 3.63) is 0 Å². The van der Waals surface area contributed by atoms with E-state index in [9.17, 15) is 4.79 Å². The van der Waals surface area contributed by atoms with Crippen molar-refractivity contribution in [2.24, 2.45) is 11.7 Å². The molecule has 1 unspecified atom stereocenters. The molecule has 1 aliphatic heterocycles. The van der Waals surface area contributed by atoms with Gasteiger partial charge in [0.05, 0.1) is 0 Å². The summed E-state index contributed by atoms with van der Waals surface area (Å²) in [7, 11) is 0. The fraction of sp³-hybridized carbons (Fsp3) is 0.929. The van der Waals surface area contributed by atoms with E-state index in [0.717, 1.165) is 38.1 Å². The maximum Gasteiger partial charge on any atom is 0.222 e. The van der Waals surface area contributed by atoms with Crippen LogP contribution in [-0.2, 0) is 4.79 Å². The molecule has 2 rings (SSSR count). The molecule has 1 amide bonds. The van der Waals surface area contributed by atoms with Crippen molar-refractivity contribution in [3.8, 4) is 0 Å². The van der Waals surface area contributed by atoms with Crippen LogP contribution in [0.25, 0.3) is 0 Å². The Morgan fingerprint density at radius 3 is 2.53 bits per heavy atom. The molecule has 1 aliphatic carbocycles. The summed E-state index contributed by atoms with van der Waals surface area (Å²) in [5.74, 6) is 1.17. The van der Waals surface area contributed by atoms with E-state index >= 15 is 0 Å². The minimum atomic E-state index is 0.319. The zero-order valence-corrected chi connectivity index (χ0v) is 10.9. The van der Waals surface area contributed by atoms with Crippen LogP contribution in [0.1, 0.15) is 57.8 Å². The van der Waals surface area contributed by atoms with Crippen LogP contribution in [0, 0.1) is 5.92 Å². The first-order valence-electron chi connectivity index (χ1n) is 7.31. The predicted molar refractivity (Wildman–Crippen MR) is 69.6 cm³/mol. The average Bonchev–Trinajstić information content (AvgIpc) is 2.89. The lowest BCUT2D eigenvalue weighted by Crippen LogP contribution is -2.47. The van der Waals surface area contributed by atoms with Crippen LogP contribution in [0.15, 0.2) is 0 Å². The van der Waals surface area contributed by atoms with Crippen LogP contribution in [0.5, 0.6) is 0 Å².